The van der Waals surface area contributed by atoms with Crippen molar-refractivity contribution in [3.63, 3.8) is 0 Å². The van der Waals surface area contributed by atoms with Crippen molar-refractivity contribution in [3.8, 4) is 0 Å². The first kappa shape index (κ1) is 16.7. The highest BCUT2D eigenvalue weighted by atomic mass is 32.2. The summed E-state index contributed by atoms with van der Waals surface area (Å²) in [6, 6.07) is -0.719. The van der Waals surface area contributed by atoms with Gasteiger partial charge in [-0.25, -0.2) is 0 Å². The normalized spacial score (nSPS) is 26.5. The Morgan fingerprint density at radius 2 is 2.10 bits per heavy atom. The number of hydrogen-bond acceptors (Lipinski definition) is 5. The molecule has 0 radical (unpaired) electrons. The standard InChI is InChI=1S/C13H25N3O4S/c1-3-20-12(17)11-5-4-8-16(11)21(18,19)15-13(2,9-14)10-6-7-10/h10-11,15H,3-9,14H2,1-2H3. The van der Waals surface area contributed by atoms with E-state index in [1.807, 2.05) is 6.92 Å². The van der Waals surface area contributed by atoms with Crippen molar-refractivity contribution in [3.05, 3.63) is 0 Å². The average Bonchev–Trinajstić information content (AvgIpc) is 3.15. The Kier molecular flexibility index (Phi) is 4.92. The molecule has 2 unspecified atom stereocenters. The Morgan fingerprint density at radius 3 is 2.62 bits per heavy atom. The predicted octanol–water partition coefficient (Wildman–Crippen LogP) is -0.0243. The number of rotatable bonds is 7. The van der Waals surface area contributed by atoms with Crippen LogP contribution >= 0.6 is 0 Å². The van der Waals surface area contributed by atoms with E-state index < -0.39 is 27.8 Å². The Morgan fingerprint density at radius 1 is 1.43 bits per heavy atom. The van der Waals surface area contributed by atoms with Crippen LogP contribution in [0.4, 0.5) is 0 Å². The third kappa shape index (κ3) is 3.56. The van der Waals surface area contributed by atoms with Gasteiger partial charge in [0, 0.05) is 18.6 Å². The highest BCUT2D eigenvalue weighted by molar-refractivity contribution is 7.87. The summed E-state index contributed by atoms with van der Waals surface area (Å²) < 4.78 is 34.1. The number of ether oxygens (including phenoxy) is 1. The van der Waals surface area contributed by atoms with Crippen LogP contribution in [0.25, 0.3) is 0 Å². The van der Waals surface area contributed by atoms with E-state index in [1.165, 1.54) is 4.31 Å². The van der Waals surface area contributed by atoms with Crippen LogP contribution in [0, 0.1) is 5.92 Å². The quantitative estimate of drug-likeness (QED) is 0.642. The molecule has 0 bridgehead atoms. The van der Waals surface area contributed by atoms with E-state index in [0.717, 1.165) is 12.8 Å². The summed E-state index contributed by atoms with van der Waals surface area (Å²) in [6.45, 7) is 4.37. The average molecular weight is 319 g/mol. The van der Waals surface area contributed by atoms with Crippen LogP contribution in [0.15, 0.2) is 0 Å². The van der Waals surface area contributed by atoms with E-state index in [-0.39, 0.29) is 19.1 Å². The molecular weight excluding hydrogens is 294 g/mol. The van der Waals surface area contributed by atoms with E-state index in [1.54, 1.807) is 6.92 Å². The zero-order valence-electron chi connectivity index (χ0n) is 12.7. The van der Waals surface area contributed by atoms with Crippen molar-refractivity contribution in [1.29, 1.82) is 0 Å². The molecule has 0 aromatic rings. The second-order valence-corrected chi connectivity index (χ2v) is 7.65. The Hall–Kier alpha value is -0.700. The second kappa shape index (κ2) is 6.20. The fourth-order valence-electron chi connectivity index (χ4n) is 2.87. The van der Waals surface area contributed by atoms with Crippen LogP contribution < -0.4 is 10.5 Å². The Bertz CT molecular complexity index is 492. The maximum atomic E-state index is 12.6. The summed E-state index contributed by atoms with van der Waals surface area (Å²) in [5, 5.41) is 0. The SMILES string of the molecule is CCOC(=O)C1CCCN1S(=O)(=O)NC(C)(CN)C1CC1. The molecule has 122 valence electrons. The summed E-state index contributed by atoms with van der Waals surface area (Å²) in [5.41, 5.74) is 5.12. The van der Waals surface area contributed by atoms with Gasteiger partial charge >= 0.3 is 5.97 Å². The molecule has 2 rings (SSSR count). The predicted molar refractivity (Wildman–Crippen MR) is 78.6 cm³/mol. The molecule has 1 saturated heterocycles. The van der Waals surface area contributed by atoms with Gasteiger partial charge in [0.25, 0.3) is 10.2 Å². The molecule has 0 amide bonds. The van der Waals surface area contributed by atoms with E-state index in [4.69, 9.17) is 10.5 Å². The van der Waals surface area contributed by atoms with Gasteiger partial charge in [-0.05, 0) is 45.4 Å². The minimum absolute atomic E-state index is 0.245. The fourth-order valence-corrected chi connectivity index (χ4v) is 4.72. The number of nitrogens with one attached hydrogen (secondary N) is 1. The van der Waals surface area contributed by atoms with Crippen LogP contribution in [0.3, 0.4) is 0 Å². The molecule has 21 heavy (non-hydrogen) atoms. The smallest absolute Gasteiger partial charge is 0.324 e. The summed E-state index contributed by atoms with van der Waals surface area (Å²) in [6.07, 6.45) is 3.13. The third-order valence-electron chi connectivity index (χ3n) is 4.34. The van der Waals surface area contributed by atoms with Gasteiger partial charge in [-0.1, -0.05) is 0 Å². The summed E-state index contributed by atoms with van der Waals surface area (Å²) in [5.74, 6) is -0.192. The maximum Gasteiger partial charge on any atom is 0.324 e. The van der Waals surface area contributed by atoms with Gasteiger partial charge in [-0.15, -0.1) is 0 Å². The van der Waals surface area contributed by atoms with Crippen LogP contribution in [-0.4, -0.2) is 50.0 Å². The van der Waals surface area contributed by atoms with E-state index in [2.05, 4.69) is 4.72 Å². The molecule has 1 saturated carbocycles. The second-order valence-electron chi connectivity index (χ2n) is 6.02. The lowest BCUT2D eigenvalue weighted by atomic mass is 9.98. The van der Waals surface area contributed by atoms with Gasteiger partial charge in [0.2, 0.25) is 0 Å². The molecule has 1 heterocycles. The first-order valence-corrected chi connectivity index (χ1v) is 8.95. The first-order chi connectivity index (χ1) is 9.84. The largest absolute Gasteiger partial charge is 0.465 e. The molecule has 7 nitrogen and oxygen atoms in total. The van der Waals surface area contributed by atoms with Crippen molar-refractivity contribution >= 4 is 16.2 Å². The van der Waals surface area contributed by atoms with Gasteiger partial charge in [0.1, 0.15) is 6.04 Å². The Labute approximate surface area is 126 Å². The van der Waals surface area contributed by atoms with Gasteiger partial charge < -0.3 is 10.5 Å². The number of carbonyl (C=O) groups excluding carboxylic acids is 1. The molecule has 8 heteroatoms. The van der Waals surface area contributed by atoms with Gasteiger partial charge in [-0.2, -0.15) is 17.4 Å². The monoisotopic (exact) mass is 319 g/mol. The highest BCUT2D eigenvalue weighted by Gasteiger charge is 2.47. The molecule has 0 spiro atoms. The lowest BCUT2D eigenvalue weighted by Gasteiger charge is -2.32. The summed E-state index contributed by atoms with van der Waals surface area (Å²) in [4.78, 5) is 11.9. The lowest BCUT2D eigenvalue weighted by molar-refractivity contribution is -0.146. The Balaban J connectivity index is 2.12. The highest BCUT2D eigenvalue weighted by Crippen LogP contribution is 2.39. The molecule has 2 aliphatic rings. The van der Waals surface area contributed by atoms with Crippen molar-refractivity contribution < 1.29 is 17.9 Å². The number of nitrogens with two attached hydrogens (primary N) is 1. The number of esters is 1. The van der Waals surface area contributed by atoms with Crippen molar-refractivity contribution in [1.82, 2.24) is 9.03 Å². The van der Waals surface area contributed by atoms with Crippen LogP contribution in [-0.2, 0) is 19.7 Å². The number of carbonyl (C=O) groups is 1. The molecule has 1 aliphatic carbocycles. The maximum absolute atomic E-state index is 12.6. The van der Waals surface area contributed by atoms with Crippen LogP contribution in [0.1, 0.15) is 39.5 Å². The van der Waals surface area contributed by atoms with Crippen LogP contribution in [0.2, 0.25) is 0 Å². The lowest BCUT2D eigenvalue weighted by Crippen LogP contribution is -2.58. The molecule has 2 atom stereocenters. The zero-order chi connectivity index (χ0) is 15.7. The molecular formula is C13H25N3O4S. The molecule has 0 aromatic carbocycles. The van der Waals surface area contributed by atoms with Crippen molar-refractivity contribution in [2.45, 2.75) is 51.1 Å². The minimum atomic E-state index is -3.74. The van der Waals surface area contributed by atoms with Gasteiger partial charge in [0.15, 0.2) is 0 Å². The third-order valence-corrected chi connectivity index (χ3v) is 6.11. The summed E-state index contributed by atoms with van der Waals surface area (Å²) >= 11 is 0. The number of nitrogens with zero attached hydrogens (tertiary/aromatic N) is 1. The van der Waals surface area contributed by atoms with Crippen LogP contribution in [0.5, 0.6) is 0 Å². The summed E-state index contributed by atoms with van der Waals surface area (Å²) in [7, 11) is -3.74. The fraction of sp³-hybridized carbons (Fsp3) is 0.923. The first-order valence-electron chi connectivity index (χ1n) is 7.51. The van der Waals surface area contributed by atoms with E-state index in [0.29, 0.717) is 19.4 Å². The molecule has 1 aliphatic heterocycles. The van der Waals surface area contributed by atoms with Crippen molar-refractivity contribution in [2.75, 3.05) is 19.7 Å². The van der Waals surface area contributed by atoms with Gasteiger partial charge in [-0.3, -0.25) is 4.79 Å². The molecule has 0 aromatic heterocycles. The zero-order valence-corrected chi connectivity index (χ0v) is 13.5. The molecule has 2 fully saturated rings. The van der Waals surface area contributed by atoms with E-state index >= 15 is 0 Å². The molecule has 3 N–H and O–H groups in total. The van der Waals surface area contributed by atoms with E-state index in [9.17, 15) is 13.2 Å². The number of hydrogen-bond donors (Lipinski definition) is 2. The topological polar surface area (TPSA) is 102 Å². The van der Waals surface area contributed by atoms with Gasteiger partial charge in [0.05, 0.1) is 6.61 Å². The minimum Gasteiger partial charge on any atom is -0.465 e. The van der Waals surface area contributed by atoms with Crippen molar-refractivity contribution in [2.24, 2.45) is 11.7 Å².